The van der Waals surface area contributed by atoms with Gasteiger partial charge in [-0.15, -0.1) is 0 Å². The van der Waals surface area contributed by atoms with Crippen LogP contribution in [0.5, 0.6) is 0 Å². The van der Waals surface area contributed by atoms with E-state index in [4.69, 9.17) is 9.84 Å². The minimum atomic E-state index is -3.62. The van der Waals surface area contributed by atoms with Gasteiger partial charge in [0.15, 0.2) is 0 Å². The number of aliphatic hydroxyl groups excluding tert-OH is 1. The molecule has 0 saturated heterocycles. The first kappa shape index (κ1) is 15.9. The van der Waals surface area contributed by atoms with Crippen LogP contribution in [-0.4, -0.2) is 44.4 Å². The SMILES string of the molecule is COC1CCC(NS(=O)(=O)c2cncc(C#CCO)c2)C1. The molecule has 0 radical (unpaired) electrons. The maximum atomic E-state index is 12.3. The van der Waals surface area contributed by atoms with Gasteiger partial charge in [0.25, 0.3) is 0 Å². The molecule has 1 aliphatic rings. The molecule has 1 aromatic heterocycles. The molecule has 114 valence electrons. The van der Waals surface area contributed by atoms with Crippen molar-refractivity contribution < 1.29 is 18.3 Å². The molecule has 21 heavy (non-hydrogen) atoms. The smallest absolute Gasteiger partial charge is 0.242 e. The fraction of sp³-hybridized carbons (Fsp3) is 0.500. The standard InChI is InChI=1S/C14H18N2O4S/c1-20-13-5-4-12(8-13)16-21(18,19)14-7-11(3-2-6-17)9-15-10-14/h7,9-10,12-13,16-17H,4-6,8H2,1H3. The quantitative estimate of drug-likeness (QED) is 0.779. The molecule has 2 N–H and O–H groups in total. The summed E-state index contributed by atoms with van der Waals surface area (Å²) in [7, 11) is -1.99. The molecule has 2 unspecified atom stereocenters. The van der Waals surface area contributed by atoms with Crippen LogP contribution in [0.4, 0.5) is 0 Å². The highest BCUT2D eigenvalue weighted by molar-refractivity contribution is 7.89. The average molecular weight is 310 g/mol. The highest BCUT2D eigenvalue weighted by Crippen LogP contribution is 2.23. The van der Waals surface area contributed by atoms with Crippen molar-refractivity contribution in [3.8, 4) is 11.8 Å². The van der Waals surface area contributed by atoms with Crippen LogP contribution in [-0.2, 0) is 14.8 Å². The molecule has 0 bridgehead atoms. The molecule has 0 aliphatic heterocycles. The molecule has 1 heterocycles. The number of pyridine rings is 1. The number of methoxy groups -OCH3 is 1. The predicted octanol–water partition coefficient (Wildman–Crippen LogP) is 0.271. The van der Waals surface area contributed by atoms with Crippen molar-refractivity contribution in [1.29, 1.82) is 0 Å². The number of rotatable bonds is 4. The third kappa shape index (κ3) is 4.25. The lowest BCUT2D eigenvalue weighted by Gasteiger charge is -2.13. The number of nitrogens with one attached hydrogen (secondary N) is 1. The molecule has 2 rings (SSSR count). The lowest BCUT2D eigenvalue weighted by molar-refractivity contribution is 0.107. The third-order valence-corrected chi connectivity index (χ3v) is 4.86. The Labute approximate surface area is 124 Å². The molecular weight excluding hydrogens is 292 g/mol. The summed E-state index contributed by atoms with van der Waals surface area (Å²) in [5.74, 6) is 5.11. The van der Waals surface area contributed by atoms with Crippen LogP contribution < -0.4 is 4.72 Å². The Morgan fingerprint density at radius 3 is 2.95 bits per heavy atom. The highest BCUT2D eigenvalue weighted by atomic mass is 32.2. The normalized spacial score (nSPS) is 21.8. The number of aromatic nitrogens is 1. The average Bonchev–Trinajstić information content (AvgIpc) is 2.92. The summed E-state index contributed by atoms with van der Waals surface area (Å²) in [5.41, 5.74) is 0.452. The van der Waals surface area contributed by atoms with Crippen LogP contribution in [0.15, 0.2) is 23.4 Å². The van der Waals surface area contributed by atoms with Crippen molar-refractivity contribution in [2.24, 2.45) is 0 Å². The summed E-state index contributed by atoms with van der Waals surface area (Å²) < 4.78 is 32.5. The Balaban J connectivity index is 2.12. The van der Waals surface area contributed by atoms with Crippen molar-refractivity contribution >= 4 is 10.0 Å². The Morgan fingerprint density at radius 2 is 2.29 bits per heavy atom. The minimum Gasteiger partial charge on any atom is -0.384 e. The molecule has 7 heteroatoms. The third-order valence-electron chi connectivity index (χ3n) is 3.37. The summed E-state index contributed by atoms with van der Waals surface area (Å²) in [6.45, 7) is -0.282. The monoisotopic (exact) mass is 310 g/mol. The molecule has 2 atom stereocenters. The number of hydrogen-bond donors (Lipinski definition) is 2. The molecular formula is C14H18N2O4S. The number of hydrogen-bond acceptors (Lipinski definition) is 5. The zero-order chi connectivity index (χ0) is 15.3. The Morgan fingerprint density at radius 1 is 1.48 bits per heavy atom. The maximum Gasteiger partial charge on any atom is 0.242 e. The van der Waals surface area contributed by atoms with E-state index < -0.39 is 10.0 Å². The topological polar surface area (TPSA) is 88.5 Å². The molecule has 6 nitrogen and oxygen atoms in total. The molecule has 1 fully saturated rings. The summed E-state index contributed by atoms with van der Waals surface area (Å²) in [6.07, 6.45) is 5.14. The van der Waals surface area contributed by atoms with Crippen LogP contribution >= 0.6 is 0 Å². The van der Waals surface area contributed by atoms with E-state index in [1.807, 2.05) is 0 Å². The molecule has 0 spiro atoms. The van der Waals surface area contributed by atoms with Crippen molar-refractivity contribution in [1.82, 2.24) is 9.71 Å². The maximum absolute atomic E-state index is 12.3. The molecule has 1 aromatic rings. The summed E-state index contributed by atoms with van der Waals surface area (Å²) >= 11 is 0. The minimum absolute atomic E-state index is 0.0770. The first-order valence-corrected chi connectivity index (χ1v) is 8.13. The molecule has 0 aromatic carbocycles. The van der Waals surface area contributed by atoms with Crippen molar-refractivity contribution in [2.75, 3.05) is 13.7 Å². The number of sulfonamides is 1. The lowest BCUT2D eigenvalue weighted by atomic mass is 10.3. The molecule has 1 aliphatic carbocycles. The van der Waals surface area contributed by atoms with E-state index in [2.05, 4.69) is 21.5 Å². The van der Waals surface area contributed by atoms with Crippen LogP contribution in [0.25, 0.3) is 0 Å². The first-order chi connectivity index (χ1) is 10.0. The van der Waals surface area contributed by atoms with Crippen LogP contribution in [0.1, 0.15) is 24.8 Å². The Bertz CT molecular complexity index is 648. The van der Waals surface area contributed by atoms with Gasteiger partial charge < -0.3 is 9.84 Å². The number of aliphatic hydroxyl groups is 1. The molecule has 0 amide bonds. The van der Waals surface area contributed by atoms with E-state index in [1.165, 1.54) is 18.5 Å². The van der Waals surface area contributed by atoms with Crippen LogP contribution in [0, 0.1) is 11.8 Å². The van der Waals surface area contributed by atoms with Gasteiger partial charge >= 0.3 is 0 Å². The van der Waals surface area contributed by atoms with Gasteiger partial charge in [0.1, 0.15) is 11.5 Å². The van der Waals surface area contributed by atoms with E-state index in [1.54, 1.807) is 7.11 Å². The summed E-state index contributed by atoms with van der Waals surface area (Å²) in [4.78, 5) is 3.96. The van der Waals surface area contributed by atoms with Crippen molar-refractivity contribution in [2.45, 2.75) is 36.3 Å². The Kier molecular flexibility index (Phi) is 5.31. The second kappa shape index (κ2) is 7.00. The van der Waals surface area contributed by atoms with E-state index in [-0.39, 0.29) is 23.6 Å². The van der Waals surface area contributed by atoms with Crippen LogP contribution in [0.2, 0.25) is 0 Å². The highest BCUT2D eigenvalue weighted by Gasteiger charge is 2.28. The summed E-state index contributed by atoms with van der Waals surface area (Å²) in [6, 6.07) is 1.33. The van der Waals surface area contributed by atoms with Gasteiger partial charge in [-0.1, -0.05) is 11.8 Å². The zero-order valence-corrected chi connectivity index (χ0v) is 12.6. The van der Waals surface area contributed by atoms with E-state index >= 15 is 0 Å². The first-order valence-electron chi connectivity index (χ1n) is 6.65. The predicted molar refractivity (Wildman–Crippen MR) is 77.0 cm³/mol. The largest absolute Gasteiger partial charge is 0.384 e. The van der Waals surface area contributed by atoms with Gasteiger partial charge in [-0.3, -0.25) is 4.98 Å². The fourth-order valence-corrected chi connectivity index (χ4v) is 3.60. The van der Waals surface area contributed by atoms with Gasteiger partial charge in [0, 0.05) is 31.1 Å². The van der Waals surface area contributed by atoms with E-state index in [9.17, 15) is 8.42 Å². The van der Waals surface area contributed by atoms with Gasteiger partial charge in [-0.25, -0.2) is 13.1 Å². The molecule has 1 saturated carbocycles. The van der Waals surface area contributed by atoms with Crippen LogP contribution in [0.3, 0.4) is 0 Å². The van der Waals surface area contributed by atoms with Crippen molar-refractivity contribution in [3.63, 3.8) is 0 Å². The van der Waals surface area contributed by atoms with Gasteiger partial charge in [0.2, 0.25) is 10.0 Å². The zero-order valence-electron chi connectivity index (χ0n) is 11.7. The Hall–Kier alpha value is -1.46. The second-order valence-corrected chi connectivity index (χ2v) is 6.57. The lowest BCUT2D eigenvalue weighted by Crippen LogP contribution is -2.33. The second-order valence-electron chi connectivity index (χ2n) is 4.86. The number of nitrogens with zero attached hydrogens (tertiary/aromatic N) is 1. The summed E-state index contributed by atoms with van der Waals surface area (Å²) in [5, 5.41) is 8.66. The van der Waals surface area contributed by atoms with Crippen molar-refractivity contribution in [3.05, 3.63) is 24.0 Å². The van der Waals surface area contributed by atoms with Gasteiger partial charge in [-0.2, -0.15) is 0 Å². The van der Waals surface area contributed by atoms with E-state index in [0.29, 0.717) is 12.0 Å². The fourth-order valence-electron chi connectivity index (χ4n) is 2.32. The van der Waals surface area contributed by atoms with E-state index in [0.717, 1.165) is 12.8 Å². The number of ether oxygens (including phenoxy) is 1. The van der Waals surface area contributed by atoms with Gasteiger partial charge in [0.05, 0.1) is 6.10 Å². The van der Waals surface area contributed by atoms with Gasteiger partial charge in [-0.05, 0) is 25.3 Å².